The number of hydrogen-bond donors (Lipinski definition) is 1. The van der Waals surface area contributed by atoms with E-state index in [4.69, 9.17) is 15.2 Å². The smallest absolute Gasteiger partial charge is 0.123 e. The Morgan fingerprint density at radius 3 is 2.71 bits per heavy atom. The van der Waals surface area contributed by atoms with Crippen molar-refractivity contribution in [1.82, 2.24) is 0 Å². The maximum absolute atomic E-state index is 5.91. The van der Waals surface area contributed by atoms with Crippen LogP contribution in [-0.4, -0.2) is 7.11 Å². The first-order valence-corrected chi connectivity index (χ1v) is 7.40. The van der Waals surface area contributed by atoms with Gasteiger partial charge in [-0.3, -0.25) is 0 Å². The lowest BCUT2D eigenvalue weighted by molar-refractivity contribution is 0.305. The van der Waals surface area contributed by atoms with Gasteiger partial charge in [-0.25, -0.2) is 0 Å². The molecule has 0 fully saturated rings. The Hall–Kier alpha value is -2.00. The van der Waals surface area contributed by atoms with Gasteiger partial charge in [-0.2, -0.15) is 0 Å². The molecule has 0 radical (unpaired) electrons. The molecule has 0 saturated carbocycles. The molecule has 3 heteroatoms. The summed E-state index contributed by atoms with van der Waals surface area (Å²) >= 11 is 0. The molecule has 21 heavy (non-hydrogen) atoms. The van der Waals surface area contributed by atoms with Crippen LogP contribution in [0.2, 0.25) is 0 Å². The van der Waals surface area contributed by atoms with Crippen molar-refractivity contribution in [2.24, 2.45) is 5.73 Å². The lowest BCUT2D eigenvalue weighted by Gasteiger charge is -2.11. The summed E-state index contributed by atoms with van der Waals surface area (Å²) in [5, 5.41) is 0. The Morgan fingerprint density at radius 1 is 1.05 bits per heavy atom. The van der Waals surface area contributed by atoms with Gasteiger partial charge in [-0.1, -0.05) is 12.1 Å². The average Bonchev–Trinajstić information content (AvgIpc) is 3.00. The van der Waals surface area contributed by atoms with E-state index >= 15 is 0 Å². The largest absolute Gasteiger partial charge is 0.496 e. The van der Waals surface area contributed by atoms with Gasteiger partial charge in [0.1, 0.15) is 18.1 Å². The van der Waals surface area contributed by atoms with Crippen molar-refractivity contribution in [3.8, 4) is 11.5 Å². The first-order chi connectivity index (χ1) is 10.3. The van der Waals surface area contributed by atoms with E-state index in [2.05, 4.69) is 18.2 Å². The molecule has 2 N–H and O–H groups in total. The van der Waals surface area contributed by atoms with Gasteiger partial charge in [0.2, 0.25) is 0 Å². The zero-order chi connectivity index (χ0) is 14.7. The predicted molar refractivity (Wildman–Crippen MR) is 83.7 cm³/mol. The molecule has 0 bridgehead atoms. The Bertz CT molecular complexity index is 637. The maximum Gasteiger partial charge on any atom is 0.123 e. The standard InChI is InChI=1S/C18H21NO2/c1-20-18-8-5-13(9-16(18)11-19)12-21-17-7-6-14-3-2-4-15(14)10-17/h5-10H,2-4,11-12,19H2,1H3. The van der Waals surface area contributed by atoms with Crippen LogP contribution in [0.15, 0.2) is 36.4 Å². The normalized spacial score (nSPS) is 13.0. The number of benzene rings is 2. The lowest BCUT2D eigenvalue weighted by Crippen LogP contribution is -2.03. The Labute approximate surface area is 125 Å². The van der Waals surface area contributed by atoms with Crippen LogP contribution < -0.4 is 15.2 Å². The minimum atomic E-state index is 0.468. The van der Waals surface area contributed by atoms with Gasteiger partial charge in [0.25, 0.3) is 0 Å². The van der Waals surface area contributed by atoms with E-state index in [1.165, 1.54) is 30.4 Å². The highest BCUT2D eigenvalue weighted by atomic mass is 16.5. The molecule has 0 atom stereocenters. The summed E-state index contributed by atoms with van der Waals surface area (Å²) in [6.45, 7) is 1.02. The summed E-state index contributed by atoms with van der Waals surface area (Å²) < 4.78 is 11.2. The molecule has 0 aromatic heterocycles. The van der Waals surface area contributed by atoms with Crippen LogP contribution in [-0.2, 0) is 26.0 Å². The van der Waals surface area contributed by atoms with Crippen molar-refractivity contribution in [3.63, 3.8) is 0 Å². The summed E-state index contributed by atoms with van der Waals surface area (Å²) in [7, 11) is 1.66. The summed E-state index contributed by atoms with van der Waals surface area (Å²) in [5.41, 5.74) is 10.8. The number of rotatable bonds is 5. The van der Waals surface area contributed by atoms with E-state index < -0.39 is 0 Å². The van der Waals surface area contributed by atoms with Gasteiger partial charge in [0.05, 0.1) is 7.11 Å². The number of ether oxygens (including phenoxy) is 2. The fourth-order valence-corrected chi connectivity index (χ4v) is 2.89. The highest BCUT2D eigenvalue weighted by Crippen LogP contribution is 2.27. The third-order valence-electron chi connectivity index (χ3n) is 4.04. The third-order valence-corrected chi connectivity index (χ3v) is 4.04. The zero-order valence-electron chi connectivity index (χ0n) is 12.4. The van der Waals surface area contributed by atoms with E-state index in [0.717, 1.165) is 22.6 Å². The van der Waals surface area contributed by atoms with Crippen LogP contribution in [0.4, 0.5) is 0 Å². The highest BCUT2D eigenvalue weighted by molar-refractivity contribution is 5.39. The minimum absolute atomic E-state index is 0.468. The quantitative estimate of drug-likeness (QED) is 0.916. The first-order valence-electron chi connectivity index (χ1n) is 7.40. The SMILES string of the molecule is COc1ccc(COc2ccc3c(c2)CCC3)cc1CN. The van der Waals surface area contributed by atoms with Gasteiger partial charge >= 0.3 is 0 Å². The molecule has 2 aromatic carbocycles. The van der Waals surface area contributed by atoms with E-state index in [9.17, 15) is 0 Å². The summed E-state index contributed by atoms with van der Waals surface area (Å²) in [6, 6.07) is 12.4. The second kappa shape index (κ2) is 6.19. The number of methoxy groups -OCH3 is 1. The molecule has 1 aliphatic rings. The van der Waals surface area contributed by atoms with E-state index in [-0.39, 0.29) is 0 Å². The van der Waals surface area contributed by atoms with Gasteiger partial charge < -0.3 is 15.2 Å². The predicted octanol–water partition coefficient (Wildman–Crippen LogP) is 3.22. The Balaban J connectivity index is 1.70. The van der Waals surface area contributed by atoms with Crippen LogP contribution in [0.25, 0.3) is 0 Å². The van der Waals surface area contributed by atoms with Gasteiger partial charge in [0, 0.05) is 12.1 Å². The van der Waals surface area contributed by atoms with Crippen LogP contribution in [0, 0.1) is 0 Å². The minimum Gasteiger partial charge on any atom is -0.496 e. The summed E-state index contributed by atoms with van der Waals surface area (Å²) in [4.78, 5) is 0. The van der Waals surface area contributed by atoms with E-state index in [1.54, 1.807) is 7.11 Å². The average molecular weight is 283 g/mol. The van der Waals surface area contributed by atoms with Crippen molar-refractivity contribution >= 4 is 0 Å². The molecule has 2 aromatic rings. The summed E-state index contributed by atoms with van der Waals surface area (Å²) in [5.74, 6) is 1.78. The maximum atomic E-state index is 5.91. The van der Waals surface area contributed by atoms with Crippen molar-refractivity contribution in [1.29, 1.82) is 0 Å². The second-order valence-corrected chi connectivity index (χ2v) is 5.42. The lowest BCUT2D eigenvalue weighted by atomic mass is 10.1. The molecule has 0 saturated heterocycles. The topological polar surface area (TPSA) is 44.5 Å². The first kappa shape index (κ1) is 14.0. The number of hydrogen-bond acceptors (Lipinski definition) is 3. The molecular weight excluding hydrogens is 262 g/mol. The molecule has 0 heterocycles. The van der Waals surface area contributed by atoms with Crippen molar-refractivity contribution < 1.29 is 9.47 Å². The van der Waals surface area contributed by atoms with Crippen LogP contribution in [0.1, 0.15) is 28.7 Å². The van der Waals surface area contributed by atoms with E-state index in [1.807, 2.05) is 18.2 Å². The molecule has 3 nitrogen and oxygen atoms in total. The molecule has 1 aliphatic carbocycles. The molecular formula is C18H21NO2. The number of nitrogens with two attached hydrogens (primary N) is 1. The Kier molecular flexibility index (Phi) is 4.11. The second-order valence-electron chi connectivity index (χ2n) is 5.42. The highest BCUT2D eigenvalue weighted by Gasteiger charge is 2.11. The van der Waals surface area contributed by atoms with E-state index in [0.29, 0.717) is 13.2 Å². The summed E-state index contributed by atoms with van der Waals surface area (Å²) in [6.07, 6.45) is 3.64. The third kappa shape index (κ3) is 3.03. The van der Waals surface area contributed by atoms with Crippen LogP contribution >= 0.6 is 0 Å². The van der Waals surface area contributed by atoms with Crippen molar-refractivity contribution in [2.75, 3.05) is 7.11 Å². The van der Waals surface area contributed by atoms with Crippen LogP contribution in [0.3, 0.4) is 0 Å². The van der Waals surface area contributed by atoms with Crippen LogP contribution in [0.5, 0.6) is 11.5 Å². The molecule has 3 rings (SSSR count). The van der Waals surface area contributed by atoms with Gasteiger partial charge in [0.15, 0.2) is 0 Å². The molecule has 110 valence electrons. The zero-order valence-corrected chi connectivity index (χ0v) is 12.4. The Morgan fingerprint density at radius 2 is 1.90 bits per heavy atom. The van der Waals surface area contributed by atoms with Gasteiger partial charge in [-0.15, -0.1) is 0 Å². The monoisotopic (exact) mass is 283 g/mol. The number of aryl methyl sites for hydroxylation is 2. The van der Waals surface area contributed by atoms with Gasteiger partial charge in [-0.05, 0) is 60.2 Å². The van der Waals surface area contributed by atoms with Crippen molar-refractivity contribution in [3.05, 3.63) is 58.7 Å². The molecule has 0 aliphatic heterocycles. The molecule has 0 spiro atoms. The molecule has 0 unspecified atom stereocenters. The molecule has 0 amide bonds. The fourth-order valence-electron chi connectivity index (χ4n) is 2.89. The number of fused-ring (bicyclic) bond motifs is 1. The van der Waals surface area contributed by atoms with Crippen molar-refractivity contribution in [2.45, 2.75) is 32.4 Å². The fraction of sp³-hybridized carbons (Fsp3) is 0.333.